The first-order chi connectivity index (χ1) is 6.19. The largest absolute Gasteiger partial charge is 0.464 e. The third kappa shape index (κ3) is 1.81. The Morgan fingerprint density at radius 3 is 2.77 bits per heavy atom. The van der Waals surface area contributed by atoms with Gasteiger partial charge in [-0.2, -0.15) is 0 Å². The summed E-state index contributed by atoms with van der Waals surface area (Å²) in [6.07, 6.45) is 1.58. The number of hydrogen-bond donors (Lipinski definition) is 1. The Morgan fingerprint density at radius 1 is 1.62 bits per heavy atom. The number of carbonyl (C=O) groups is 2. The van der Waals surface area contributed by atoms with Gasteiger partial charge >= 0.3 is 5.97 Å². The molecule has 0 bridgehead atoms. The number of esters is 1. The summed E-state index contributed by atoms with van der Waals surface area (Å²) in [5, 5.41) is 0. The molecular formula is C8H7NO4. The molecule has 0 aliphatic rings. The van der Waals surface area contributed by atoms with Gasteiger partial charge in [-0.3, -0.25) is 9.59 Å². The third-order valence-corrected chi connectivity index (χ3v) is 1.48. The molecule has 0 saturated carbocycles. The molecule has 0 aliphatic carbocycles. The van der Waals surface area contributed by atoms with Crippen molar-refractivity contribution >= 4 is 12.3 Å². The maximum Gasteiger partial charge on any atom is 0.354 e. The van der Waals surface area contributed by atoms with Crippen LogP contribution in [0.2, 0.25) is 0 Å². The van der Waals surface area contributed by atoms with Crippen molar-refractivity contribution < 1.29 is 14.3 Å². The molecule has 0 atom stereocenters. The SMILES string of the molecule is COC(=O)c1cc(=O)c(C=O)c[nH]1. The van der Waals surface area contributed by atoms with Crippen molar-refractivity contribution in [3.05, 3.63) is 33.7 Å². The second-order valence-electron chi connectivity index (χ2n) is 2.28. The van der Waals surface area contributed by atoms with E-state index >= 15 is 0 Å². The Kier molecular flexibility index (Phi) is 2.59. The zero-order chi connectivity index (χ0) is 9.84. The van der Waals surface area contributed by atoms with Gasteiger partial charge < -0.3 is 9.72 Å². The van der Waals surface area contributed by atoms with Crippen molar-refractivity contribution in [2.75, 3.05) is 7.11 Å². The van der Waals surface area contributed by atoms with Crippen LogP contribution < -0.4 is 5.43 Å². The number of pyridine rings is 1. The number of nitrogens with one attached hydrogen (secondary N) is 1. The number of aromatic amines is 1. The van der Waals surface area contributed by atoms with Crippen molar-refractivity contribution in [3.8, 4) is 0 Å². The number of H-pyrrole nitrogens is 1. The quantitative estimate of drug-likeness (QED) is 0.513. The molecule has 0 fully saturated rings. The molecule has 0 unspecified atom stereocenters. The summed E-state index contributed by atoms with van der Waals surface area (Å²) in [5.41, 5.74) is -0.500. The lowest BCUT2D eigenvalue weighted by Crippen LogP contribution is -2.13. The van der Waals surface area contributed by atoms with Crippen LogP contribution in [0.3, 0.4) is 0 Å². The summed E-state index contributed by atoms with van der Waals surface area (Å²) in [5.74, 6) is -0.644. The van der Waals surface area contributed by atoms with E-state index in [4.69, 9.17) is 0 Å². The molecule has 68 valence electrons. The van der Waals surface area contributed by atoms with Crippen LogP contribution in [0.4, 0.5) is 0 Å². The lowest BCUT2D eigenvalue weighted by molar-refractivity contribution is 0.0593. The van der Waals surface area contributed by atoms with Gasteiger partial charge in [0.1, 0.15) is 5.69 Å². The highest BCUT2D eigenvalue weighted by molar-refractivity contribution is 5.87. The Labute approximate surface area is 73.3 Å². The van der Waals surface area contributed by atoms with E-state index in [0.29, 0.717) is 6.29 Å². The fraction of sp³-hybridized carbons (Fsp3) is 0.125. The van der Waals surface area contributed by atoms with Crippen LogP contribution in [-0.2, 0) is 4.74 Å². The molecule has 1 N–H and O–H groups in total. The molecule has 13 heavy (non-hydrogen) atoms. The first-order valence-corrected chi connectivity index (χ1v) is 3.45. The van der Waals surface area contributed by atoms with Gasteiger partial charge in [0, 0.05) is 12.3 Å². The summed E-state index contributed by atoms with van der Waals surface area (Å²) in [6, 6.07) is 1.02. The number of rotatable bonds is 2. The highest BCUT2D eigenvalue weighted by atomic mass is 16.5. The monoisotopic (exact) mass is 181 g/mol. The van der Waals surface area contributed by atoms with Gasteiger partial charge in [-0.1, -0.05) is 0 Å². The number of methoxy groups -OCH3 is 1. The number of aldehydes is 1. The molecular weight excluding hydrogens is 174 g/mol. The highest BCUT2D eigenvalue weighted by Crippen LogP contribution is 1.93. The second-order valence-corrected chi connectivity index (χ2v) is 2.28. The van der Waals surface area contributed by atoms with E-state index in [1.165, 1.54) is 13.3 Å². The van der Waals surface area contributed by atoms with Crippen molar-refractivity contribution in [1.82, 2.24) is 4.98 Å². The molecule has 1 aromatic heterocycles. The fourth-order valence-corrected chi connectivity index (χ4v) is 0.803. The topological polar surface area (TPSA) is 76.2 Å². The summed E-state index contributed by atoms with van der Waals surface area (Å²) in [7, 11) is 1.20. The van der Waals surface area contributed by atoms with Crippen LogP contribution in [0, 0.1) is 0 Å². The number of aromatic nitrogens is 1. The first-order valence-electron chi connectivity index (χ1n) is 3.45. The molecule has 1 heterocycles. The van der Waals surface area contributed by atoms with Gasteiger partial charge in [0.25, 0.3) is 0 Å². The Hall–Kier alpha value is -1.91. The van der Waals surface area contributed by atoms with Crippen LogP contribution in [0.1, 0.15) is 20.8 Å². The van der Waals surface area contributed by atoms with Crippen LogP contribution in [-0.4, -0.2) is 24.3 Å². The predicted octanol–water partition coefficient (Wildman–Crippen LogP) is -0.0260. The molecule has 1 aromatic rings. The van der Waals surface area contributed by atoms with E-state index in [2.05, 4.69) is 9.72 Å². The Morgan fingerprint density at radius 2 is 2.31 bits per heavy atom. The fourth-order valence-electron chi connectivity index (χ4n) is 0.803. The molecule has 1 rings (SSSR count). The molecule has 0 aliphatic heterocycles. The minimum atomic E-state index is -0.644. The molecule has 5 nitrogen and oxygen atoms in total. The molecule has 0 saturated heterocycles. The summed E-state index contributed by atoms with van der Waals surface area (Å²) in [4.78, 5) is 34.6. The van der Waals surface area contributed by atoms with E-state index in [9.17, 15) is 14.4 Å². The number of hydrogen-bond acceptors (Lipinski definition) is 4. The lowest BCUT2D eigenvalue weighted by Gasteiger charge is -1.97. The molecule has 0 radical (unpaired) electrons. The van der Waals surface area contributed by atoms with Crippen molar-refractivity contribution in [3.63, 3.8) is 0 Å². The second kappa shape index (κ2) is 3.66. The lowest BCUT2D eigenvalue weighted by atomic mass is 10.2. The Bertz CT molecular complexity index is 393. The van der Waals surface area contributed by atoms with Gasteiger partial charge in [-0.25, -0.2) is 4.79 Å². The minimum absolute atomic E-state index is 0.0207. The van der Waals surface area contributed by atoms with E-state index in [0.717, 1.165) is 6.07 Å². The van der Waals surface area contributed by atoms with Crippen LogP contribution in [0.25, 0.3) is 0 Å². The summed E-state index contributed by atoms with van der Waals surface area (Å²) >= 11 is 0. The van der Waals surface area contributed by atoms with E-state index in [1.54, 1.807) is 0 Å². The van der Waals surface area contributed by atoms with E-state index in [-0.39, 0.29) is 11.3 Å². The van der Waals surface area contributed by atoms with Gasteiger partial charge in [0.05, 0.1) is 12.7 Å². The molecule has 5 heteroatoms. The van der Waals surface area contributed by atoms with Crippen LogP contribution >= 0.6 is 0 Å². The average molecular weight is 181 g/mol. The number of ether oxygens (including phenoxy) is 1. The highest BCUT2D eigenvalue weighted by Gasteiger charge is 2.07. The summed E-state index contributed by atoms with van der Waals surface area (Å²) < 4.78 is 4.37. The first kappa shape index (κ1) is 9.18. The van der Waals surface area contributed by atoms with Crippen molar-refractivity contribution in [2.24, 2.45) is 0 Å². The van der Waals surface area contributed by atoms with Gasteiger partial charge in [-0.05, 0) is 0 Å². The number of carbonyl (C=O) groups excluding carboxylic acids is 2. The average Bonchev–Trinajstić information content (AvgIpc) is 2.16. The van der Waals surface area contributed by atoms with E-state index in [1.807, 2.05) is 0 Å². The van der Waals surface area contributed by atoms with Gasteiger partial charge in [0.15, 0.2) is 11.7 Å². The maximum absolute atomic E-state index is 11.0. The van der Waals surface area contributed by atoms with Gasteiger partial charge in [-0.15, -0.1) is 0 Å². The van der Waals surface area contributed by atoms with Crippen LogP contribution in [0.5, 0.6) is 0 Å². The van der Waals surface area contributed by atoms with E-state index < -0.39 is 11.4 Å². The van der Waals surface area contributed by atoms with Crippen molar-refractivity contribution in [2.45, 2.75) is 0 Å². The molecule has 0 aromatic carbocycles. The zero-order valence-corrected chi connectivity index (χ0v) is 6.87. The van der Waals surface area contributed by atoms with Gasteiger partial charge in [0.2, 0.25) is 0 Å². The zero-order valence-electron chi connectivity index (χ0n) is 6.87. The summed E-state index contributed by atoms with van der Waals surface area (Å²) in [6.45, 7) is 0. The van der Waals surface area contributed by atoms with Crippen LogP contribution in [0.15, 0.2) is 17.1 Å². The minimum Gasteiger partial charge on any atom is -0.464 e. The molecule has 0 spiro atoms. The van der Waals surface area contributed by atoms with Crippen molar-refractivity contribution in [1.29, 1.82) is 0 Å². The Balaban J connectivity index is 3.17. The maximum atomic E-state index is 11.0. The third-order valence-electron chi connectivity index (χ3n) is 1.48. The normalized spacial score (nSPS) is 9.31. The predicted molar refractivity (Wildman–Crippen MR) is 43.8 cm³/mol. The standard InChI is InChI=1S/C8H7NO4/c1-13-8(12)6-2-7(11)5(4-10)3-9-6/h2-4H,1H3,(H,9,11). The smallest absolute Gasteiger partial charge is 0.354 e. The molecule has 0 amide bonds.